The highest BCUT2D eigenvalue weighted by atomic mass is 32.2. The lowest BCUT2D eigenvalue weighted by Crippen LogP contribution is -2.44. The minimum Gasteiger partial charge on any atom is -0.369 e. The Kier molecular flexibility index (Phi) is 6.77. The molecule has 0 saturated carbocycles. The highest BCUT2D eigenvalue weighted by Gasteiger charge is 2.27. The Morgan fingerprint density at radius 1 is 1.07 bits per heavy atom. The average molecular weight is 436 g/mol. The Balaban J connectivity index is 1.47. The molecule has 2 N–H and O–H groups in total. The summed E-state index contributed by atoms with van der Waals surface area (Å²) < 4.78 is 28.5. The van der Waals surface area contributed by atoms with Gasteiger partial charge in [0.15, 0.2) is 5.82 Å². The molecule has 12 heteroatoms. The van der Waals surface area contributed by atoms with E-state index in [2.05, 4.69) is 25.1 Å². The maximum absolute atomic E-state index is 12.2. The molecule has 11 nitrogen and oxygen atoms in total. The van der Waals surface area contributed by atoms with E-state index in [-0.39, 0.29) is 43.5 Å². The summed E-state index contributed by atoms with van der Waals surface area (Å²) in [6, 6.07) is 3.66. The van der Waals surface area contributed by atoms with Gasteiger partial charge < -0.3 is 5.32 Å². The van der Waals surface area contributed by atoms with Crippen LogP contribution >= 0.6 is 0 Å². The zero-order valence-electron chi connectivity index (χ0n) is 17.0. The molecule has 1 aliphatic heterocycles. The van der Waals surface area contributed by atoms with Gasteiger partial charge in [0.2, 0.25) is 21.8 Å². The highest BCUT2D eigenvalue weighted by molar-refractivity contribution is 7.89. The lowest BCUT2D eigenvalue weighted by Gasteiger charge is -2.24. The Labute approximate surface area is 174 Å². The third-order valence-electron chi connectivity index (χ3n) is 4.60. The number of nitrogens with one attached hydrogen (secondary N) is 2. The van der Waals surface area contributed by atoms with Crippen molar-refractivity contribution >= 4 is 27.7 Å². The van der Waals surface area contributed by atoms with Crippen molar-refractivity contribution in [2.75, 3.05) is 30.7 Å². The van der Waals surface area contributed by atoms with Crippen LogP contribution in [0.5, 0.6) is 0 Å². The van der Waals surface area contributed by atoms with E-state index >= 15 is 0 Å². The zero-order valence-corrected chi connectivity index (χ0v) is 17.8. The summed E-state index contributed by atoms with van der Waals surface area (Å²) in [7, 11) is -3.62. The normalized spacial score (nSPS) is 14.9. The molecule has 0 radical (unpaired) electrons. The molecule has 0 bridgehead atoms. The number of carbonyl (C=O) groups is 2. The number of hydrogen-bond acceptors (Lipinski definition) is 8. The average Bonchev–Trinajstić information content (AvgIpc) is 3.03. The van der Waals surface area contributed by atoms with Crippen LogP contribution in [0, 0.1) is 13.8 Å². The summed E-state index contributed by atoms with van der Waals surface area (Å²) in [6.07, 6.45) is 2.49. The van der Waals surface area contributed by atoms with Gasteiger partial charge in [0.25, 0.3) is 0 Å². The number of aromatic nitrogens is 4. The largest absolute Gasteiger partial charge is 0.369 e. The molecule has 0 unspecified atom stereocenters. The van der Waals surface area contributed by atoms with E-state index in [1.54, 1.807) is 10.7 Å². The van der Waals surface area contributed by atoms with Gasteiger partial charge in [0.1, 0.15) is 12.1 Å². The minimum atomic E-state index is -3.62. The summed E-state index contributed by atoms with van der Waals surface area (Å²) in [5, 5.41) is 7.41. The van der Waals surface area contributed by atoms with Gasteiger partial charge in [-0.25, -0.2) is 27.8 Å². The van der Waals surface area contributed by atoms with Crippen LogP contribution in [0.1, 0.15) is 30.7 Å². The van der Waals surface area contributed by atoms with Crippen molar-refractivity contribution in [3.63, 3.8) is 0 Å². The number of carbonyl (C=O) groups excluding carboxylic acids is 2. The van der Waals surface area contributed by atoms with Crippen LogP contribution in [0.4, 0.5) is 5.82 Å². The van der Waals surface area contributed by atoms with Crippen molar-refractivity contribution in [3.05, 3.63) is 29.8 Å². The van der Waals surface area contributed by atoms with Crippen molar-refractivity contribution < 1.29 is 18.0 Å². The molecular formula is C18H25N7O4S. The lowest BCUT2D eigenvalue weighted by atomic mass is 10.1. The van der Waals surface area contributed by atoms with Crippen LogP contribution in [0.25, 0.3) is 5.82 Å². The maximum Gasteiger partial charge on any atom is 0.229 e. The van der Waals surface area contributed by atoms with Crippen molar-refractivity contribution in [1.29, 1.82) is 0 Å². The van der Waals surface area contributed by atoms with E-state index in [9.17, 15) is 18.0 Å². The lowest BCUT2D eigenvalue weighted by molar-refractivity contribution is -0.147. The third kappa shape index (κ3) is 5.60. The van der Waals surface area contributed by atoms with Crippen LogP contribution in [-0.4, -0.2) is 70.3 Å². The van der Waals surface area contributed by atoms with Crippen LogP contribution in [-0.2, 0) is 19.6 Å². The van der Waals surface area contributed by atoms with Crippen molar-refractivity contribution in [1.82, 2.24) is 29.4 Å². The van der Waals surface area contributed by atoms with Gasteiger partial charge in [-0.2, -0.15) is 5.10 Å². The second-order valence-corrected chi connectivity index (χ2v) is 8.96. The maximum atomic E-state index is 12.2. The second kappa shape index (κ2) is 9.30. The fraction of sp³-hybridized carbons (Fsp3) is 0.500. The number of aryl methyl sites for hydroxylation is 2. The standard InChI is InChI=1S/C18H25N7O4S/c1-13-10-14(2)25(23-13)16-11-15(20-12-21-16)19-6-7-22-30(28,29)9-8-24-17(26)4-3-5-18(24)27/h10-12,22H,3-9H2,1-2H3,(H,19,20,21). The number of rotatable bonds is 9. The first-order valence-corrected chi connectivity index (χ1v) is 11.3. The summed E-state index contributed by atoms with van der Waals surface area (Å²) in [5.74, 6) is 0.196. The van der Waals surface area contributed by atoms with Crippen molar-refractivity contribution in [2.45, 2.75) is 33.1 Å². The predicted molar refractivity (Wildman–Crippen MR) is 109 cm³/mol. The molecule has 3 heterocycles. The number of amides is 2. The van der Waals surface area contributed by atoms with Crippen LogP contribution in [0.15, 0.2) is 18.5 Å². The monoisotopic (exact) mass is 435 g/mol. The number of nitrogens with zero attached hydrogens (tertiary/aromatic N) is 5. The number of imide groups is 1. The first-order chi connectivity index (χ1) is 14.2. The van der Waals surface area contributed by atoms with Gasteiger partial charge in [0, 0.05) is 44.2 Å². The fourth-order valence-electron chi connectivity index (χ4n) is 3.15. The Hall–Kier alpha value is -2.86. The SMILES string of the molecule is Cc1cc(C)n(-c2cc(NCCNS(=O)(=O)CCN3C(=O)CCCC3=O)ncn2)n1. The van der Waals surface area contributed by atoms with E-state index < -0.39 is 10.0 Å². The Bertz CT molecular complexity index is 1020. The summed E-state index contributed by atoms with van der Waals surface area (Å²) in [4.78, 5) is 32.9. The third-order valence-corrected chi connectivity index (χ3v) is 5.96. The number of hydrogen-bond donors (Lipinski definition) is 2. The molecule has 0 aromatic carbocycles. The van der Waals surface area contributed by atoms with E-state index in [0.717, 1.165) is 16.3 Å². The number of anilines is 1. The number of likely N-dealkylation sites (tertiary alicyclic amines) is 1. The smallest absolute Gasteiger partial charge is 0.229 e. The van der Waals surface area contributed by atoms with Crippen LogP contribution in [0.3, 0.4) is 0 Å². The molecule has 3 rings (SSSR count). The highest BCUT2D eigenvalue weighted by Crippen LogP contribution is 2.13. The molecule has 1 fully saturated rings. The summed E-state index contributed by atoms with van der Waals surface area (Å²) in [5.41, 5.74) is 1.82. The molecule has 2 amide bonds. The number of piperidine rings is 1. The van der Waals surface area contributed by atoms with Crippen molar-refractivity contribution in [2.24, 2.45) is 0 Å². The molecule has 0 atom stereocenters. The quantitative estimate of drug-likeness (QED) is 0.419. The molecule has 0 spiro atoms. The zero-order chi connectivity index (χ0) is 21.7. The van der Waals surface area contributed by atoms with Gasteiger partial charge in [-0.1, -0.05) is 0 Å². The Morgan fingerprint density at radius 3 is 2.47 bits per heavy atom. The molecule has 1 aliphatic rings. The van der Waals surface area contributed by atoms with Gasteiger partial charge >= 0.3 is 0 Å². The predicted octanol–water partition coefficient (Wildman–Crippen LogP) is 0.150. The summed E-state index contributed by atoms with van der Waals surface area (Å²) in [6.45, 7) is 4.12. The first kappa shape index (κ1) is 21.8. The minimum absolute atomic E-state index is 0.127. The van der Waals surface area contributed by atoms with Crippen LogP contribution in [0.2, 0.25) is 0 Å². The first-order valence-electron chi connectivity index (χ1n) is 9.65. The van der Waals surface area contributed by atoms with Crippen molar-refractivity contribution in [3.8, 4) is 5.82 Å². The van der Waals surface area contributed by atoms with E-state index in [4.69, 9.17) is 0 Å². The molecule has 2 aromatic rings. The second-order valence-electron chi connectivity index (χ2n) is 7.03. The van der Waals surface area contributed by atoms with E-state index in [1.165, 1.54) is 6.33 Å². The topological polar surface area (TPSA) is 139 Å². The molecule has 1 saturated heterocycles. The Morgan fingerprint density at radius 2 is 1.80 bits per heavy atom. The molecule has 2 aromatic heterocycles. The van der Waals surface area contributed by atoms with E-state index in [1.807, 2.05) is 19.9 Å². The van der Waals surface area contributed by atoms with Gasteiger partial charge in [-0.3, -0.25) is 14.5 Å². The van der Waals surface area contributed by atoms with E-state index in [0.29, 0.717) is 24.6 Å². The molecule has 0 aliphatic carbocycles. The van der Waals surface area contributed by atoms with Crippen LogP contribution < -0.4 is 10.0 Å². The van der Waals surface area contributed by atoms with Gasteiger partial charge in [-0.05, 0) is 26.3 Å². The molecule has 30 heavy (non-hydrogen) atoms. The number of sulfonamides is 1. The fourth-order valence-corrected chi connectivity index (χ4v) is 4.13. The summed E-state index contributed by atoms with van der Waals surface area (Å²) >= 11 is 0. The van der Waals surface area contributed by atoms with Gasteiger partial charge in [0.05, 0.1) is 11.4 Å². The molecule has 162 valence electrons. The molecular weight excluding hydrogens is 410 g/mol. The van der Waals surface area contributed by atoms with Gasteiger partial charge in [-0.15, -0.1) is 0 Å².